The lowest BCUT2D eigenvalue weighted by Gasteiger charge is -2.05. The van der Waals surface area contributed by atoms with Crippen molar-refractivity contribution in [3.8, 4) is 11.4 Å². The molecular formula is C13H10BrFN2O4. The molecule has 2 heterocycles. The molecule has 0 spiro atoms. The molecule has 1 aliphatic heterocycles. The highest BCUT2D eigenvalue weighted by molar-refractivity contribution is 9.10. The fraction of sp³-hybridized carbons (Fsp3) is 0.308. The number of rotatable bonds is 3. The van der Waals surface area contributed by atoms with Crippen LogP contribution in [0.2, 0.25) is 0 Å². The fourth-order valence-electron chi connectivity index (χ4n) is 2.14. The molecule has 1 aliphatic rings. The van der Waals surface area contributed by atoms with Crippen molar-refractivity contribution in [2.24, 2.45) is 0 Å². The number of nitrogens with zero attached hydrogens (tertiary/aromatic N) is 2. The van der Waals surface area contributed by atoms with Crippen LogP contribution in [0.3, 0.4) is 0 Å². The van der Waals surface area contributed by atoms with Crippen molar-refractivity contribution in [3.05, 3.63) is 34.4 Å². The van der Waals surface area contributed by atoms with Gasteiger partial charge in [0.1, 0.15) is 11.9 Å². The van der Waals surface area contributed by atoms with Crippen LogP contribution in [0.25, 0.3) is 11.4 Å². The van der Waals surface area contributed by atoms with E-state index < -0.39 is 24.0 Å². The second-order valence-corrected chi connectivity index (χ2v) is 5.46. The SMILES string of the molecule is O=C(O)C1CCC(c2nc(-c3cc(F)ccc3Br)no2)O1. The van der Waals surface area contributed by atoms with Crippen molar-refractivity contribution in [2.45, 2.75) is 25.0 Å². The number of benzene rings is 1. The molecule has 2 aromatic rings. The zero-order valence-electron chi connectivity index (χ0n) is 10.6. The Hall–Kier alpha value is -1.80. The minimum absolute atomic E-state index is 0.199. The summed E-state index contributed by atoms with van der Waals surface area (Å²) in [7, 11) is 0. The minimum Gasteiger partial charge on any atom is -0.479 e. The third-order valence-corrected chi connectivity index (χ3v) is 3.87. The summed E-state index contributed by atoms with van der Waals surface area (Å²) in [5.74, 6) is -1.00. The van der Waals surface area contributed by atoms with Crippen LogP contribution in [0.15, 0.2) is 27.2 Å². The van der Waals surface area contributed by atoms with Gasteiger partial charge in [-0.2, -0.15) is 4.98 Å². The number of hydrogen-bond acceptors (Lipinski definition) is 5. The van der Waals surface area contributed by atoms with Gasteiger partial charge >= 0.3 is 5.97 Å². The number of carboxylic acids is 1. The number of aromatic nitrogens is 2. The number of halogens is 2. The van der Waals surface area contributed by atoms with Crippen LogP contribution >= 0.6 is 15.9 Å². The Balaban J connectivity index is 1.84. The molecule has 1 saturated heterocycles. The Labute approximate surface area is 127 Å². The van der Waals surface area contributed by atoms with Gasteiger partial charge in [-0.25, -0.2) is 9.18 Å². The Bertz CT molecular complexity index is 691. The summed E-state index contributed by atoms with van der Waals surface area (Å²) >= 11 is 3.29. The summed E-state index contributed by atoms with van der Waals surface area (Å²) in [5.41, 5.74) is 0.456. The molecule has 1 N–H and O–H groups in total. The Morgan fingerprint density at radius 1 is 1.43 bits per heavy atom. The molecule has 0 bridgehead atoms. The fourth-order valence-corrected chi connectivity index (χ4v) is 2.57. The largest absolute Gasteiger partial charge is 0.479 e. The second-order valence-electron chi connectivity index (χ2n) is 4.61. The Kier molecular flexibility index (Phi) is 3.73. The van der Waals surface area contributed by atoms with Gasteiger partial charge in [-0.15, -0.1) is 0 Å². The maximum Gasteiger partial charge on any atom is 0.332 e. The van der Waals surface area contributed by atoms with Gasteiger partial charge in [0.2, 0.25) is 5.82 Å². The van der Waals surface area contributed by atoms with Gasteiger partial charge in [-0.1, -0.05) is 21.1 Å². The average molecular weight is 357 g/mol. The molecule has 2 unspecified atom stereocenters. The van der Waals surface area contributed by atoms with E-state index in [1.54, 1.807) is 6.07 Å². The molecule has 1 fully saturated rings. The van der Waals surface area contributed by atoms with Gasteiger partial charge in [0.05, 0.1) is 0 Å². The maximum atomic E-state index is 13.3. The van der Waals surface area contributed by atoms with E-state index in [0.717, 1.165) is 0 Å². The molecule has 8 heteroatoms. The summed E-state index contributed by atoms with van der Waals surface area (Å²) in [4.78, 5) is 15.0. The van der Waals surface area contributed by atoms with Crippen LogP contribution in [0.4, 0.5) is 4.39 Å². The molecule has 1 aromatic carbocycles. The topological polar surface area (TPSA) is 85.5 Å². The number of ether oxygens (including phenoxy) is 1. The van der Waals surface area contributed by atoms with Crippen molar-refractivity contribution in [1.82, 2.24) is 10.1 Å². The van der Waals surface area contributed by atoms with Crippen LogP contribution in [0.5, 0.6) is 0 Å². The highest BCUT2D eigenvalue weighted by Gasteiger charge is 2.34. The van der Waals surface area contributed by atoms with Crippen molar-refractivity contribution in [2.75, 3.05) is 0 Å². The Morgan fingerprint density at radius 2 is 2.24 bits per heavy atom. The van der Waals surface area contributed by atoms with E-state index in [2.05, 4.69) is 26.1 Å². The van der Waals surface area contributed by atoms with E-state index in [1.807, 2.05) is 0 Å². The summed E-state index contributed by atoms with van der Waals surface area (Å²) in [6, 6.07) is 4.15. The zero-order valence-corrected chi connectivity index (χ0v) is 12.2. The second kappa shape index (κ2) is 5.53. The summed E-state index contributed by atoms with van der Waals surface area (Å²) in [5, 5.41) is 12.7. The molecule has 0 aliphatic carbocycles. The molecule has 3 rings (SSSR count). The van der Waals surface area contributed by atoms with Crippen molar-refractivity contribution in [1.29, 1.82) is 0 Å². The van der Waals surface area contributed by atoms with Crippen molar-refractivity contribution in [3.63, 3.8) is 0 Å². The molecule has 1 aromatic heterocycles. The quantitative estimate of drug-likeness (QED) is 0.909. The summed E-state index contributed by atoms with van der Waals surface area (Å²) < 4.78 is 24.3. The van der Waals surface area contributed by atoms with E-state index in [4.69, 9.17) is 14.4 Å². The smallest absolute Gasteiger partial charge is 0.332 e. The van der Waals surface area contributed by atoms with E-state index in [0.29, 0.717) is 22.9 Å². The third kappa shape index (κ3) is 2.81. The summed E-state index contributed by atoms with van der Waals surface area (Å²) in [6.45, 7) is 0. The standard InChI is InChI=1S/C13H10BrFN2O4/c14-8-2-1-6(15)5-7(8)11-16-12(21-17-11)9-3-4-10(20-9)13(18)19/h1-2,5,9-10H,3-4H2,(H,18,19). The van der Waals surface area contributed by atoms with E-state index in [-0.39, 0.29) is 11.7 Å². The maximum absolute atomic E-state index is 13.3. The molecule has 0 saturated carbocycles. The van der Waals surface area contributed by atoms with Crippen LogP contribution in [0, 0.1) is 5.82 Å². The van der Waals surface area contributed by atoms with Crippen molar-refractivity contribution < 1.29 is 23.6 Å². The molecule has 110 valence electrons. The van der Waals surface area contributed by atoms with E-state index in [1.165, 1.54) is 12.1 Å². The highest BCUT2D eigenvalue weighted by atomic mass is 79.9. The van der Waals surface area contributed by atoms with Gasteiger partial charge in [-0.3, -0.25) is 0 Å². The van der Waals surface area contributed by atoms with Gasteiger partial charge in [0.25, 0.3) is 5.89 Å². The summed E-state index contributed by atoms with van der Waals surface area (Å²) in [6.07, 6.45) is -0.518. The van der Waals surface area contributed by atoms with Gasteiger partial charge in [0.15, 0.2) is 6.10 Å². The molecule has 21 heavy (non-hydrogen) atoms. The first-order valence-electron chi connectivity index (χ1n) is 6.22. The number of carboxylic acid groups (broad SMARTS) is 1. The first-order chi connectivity index (χ1) is 10.0. The normalized spacial score (nSPS) is 21.6. The predicted octanol–water partition coefficient (Wildman–Crippen LogP) is 2.94. The molecular weight excluding hydrogens is 347 g/mol. The average Bonchev–Trinajstić information content (AvgIpc) is 3.09. The molecule has 6 nitrogen and oxygen atoms in total. The number of aliphatic carboxylic acids is 1. The molecule has 2 atom stereocenters. The first-order valence-corrected chi connectivity index (χ1v) is 7.01. The van der Waals surface area contributed by atoms with E-state index in [9.17, 15) is 9.18 Å². The van der Waals surface area contributed by atoms with Crippen LogP contribution in [-0.2, 0) is 9.53 Å². The number of hydrogen-bond donors (Lipinski definition) is 1. The number of carbonyl (C=O) groups is 1. The first kappa shape index (κ1) is 14.2. The van der Waals surface area contributed by atoms with Crippen LogP contribution < -0.4 is 0 Å². The monoisotopic (exact) mass is 356 g/mol. The minimum atomic E-state index is -1.01. The van der Waals surface area contributed by atoms with Gasteiger partial charge < -0.3 is 14.4 Å². The van der Waals surface area contributed by atoms with E-state index >= 15 is 0 Å². The van der Waals surface area contributed by atoms with Crippen LogP contribution in [-0.4, -0.2) is 27.3 Å². The predicted molar refractivity (Wildman–Crippen MR) is 71.9 cm³/mol. The lowest BCUT2D eigenvalue weighted by atomic mass is 10.2. The lowest BCUT2D eigenvalue weighted by Crippen LogP contribution is -2.18. The zero-order chi connectivity index (χ0) is 15.0. The van der Waals surface area contributed by atoms with Gasteiger partial charge in [0, 0.05) is 10.0 Å². The molecule has 0 amide bonds. The molecule has 0 radical (unpaired) electrons. The van der Waals surface area contributed by atoms with Gasteiger partial charge in [-0.05, 0) is 31.0 Å². The highest BCUT2D eigenvalue weighted by Crippen LogP contribution is 2.34. The Morgan fingerprint density at radius 3 is 2.95 bits per heavy atom. The van der Waals surface area contributed by atoms with Crippen LogP contribution in [0.1, 0.15) is 24.8 Å². The third-order valence-electron chi connectivity index (χ3n) is 3.18. The lowest BCUT2D eigenvalue weighted by molar-refractivity contribution is -0.150. The van der Waals surface area contributed by atoms with Crippen molar-refractivity contribution >= 4 is 21.9 Å².